The third-order valence-corrected chi connectivity index (χ3v) is 4.47. The summed E-state index contributed by atoms with van der Waals surface area (Å²) in [5.41, 5.74) is 1.03. The number of carbonyl (C=O) groups is 1. The monoisotopic (exact) mass is 311 g/mol. The summed E-state index contributed by atoms with van der Waals surface area (Å²) in [6.07, 6.45) is 0.956. The number of hydrogen-bond donors (Lipinski definition) is 1. The molecule has 1 aromatic carbocycles. The van der Waals surface area contributed by atoms with Crippen LogP contribution < -0.4 is 0 Å². The van der Waals surface area contributed by atoms with Crippen molar-refractivity contribution in [2.24, 2.45) is 5.92 Å². The molecule has 1 aromatic rings. The Balaban J connectivity index is 2.26. The highest BCUT2D eigenvalue weighted by Crippen LogP contribution is 2.32. The summed E-state index contributed by atoms with van der Waals surface area (Å²) in [6.45, 7) is 5.75. The van der Waals surface area contributed by atoms with Crippen LogP contribution in [0.1, 0.15) is 31.9 Å². The smallest absolute Gasteiger partial charge is 0.310 e. The maximum absolute atomic E-state index is 11.4. The van der Waals surface area contributed by atoms with Gasteiger partial charge in [-0.25, -0.2) is 0 Å². The Labute approximate surface area is 130 Å². The second-order valence-electron chi connectivity index (χ2n) is 5.48. The molecule has 1 fully saturated rings. The van der Waals surface area contributed by atoms with E-state index in [1.54, 1.807) is 0 Å². The van der Waals surface area contributed by atoms with Crippen molar-refractivity contribution >= 4 is 17.6 Å². The third kappa shape index (κ3) is 3.57. The minimum absolute atomic E-state index is 0.0622. The summed E-state index contributed by atoms with van der Waals surface area (Å²) < 4.78 is 5.42. The Morgan fingerprint density at radius 2 is 2.19 bits per heavy atom. The third-order valence-electron chi connectivity index (χ3n) is 4.13. The van der Waals surface area contributed by atoms with Gasteiger partial charge in [-0.2, -0.15) is 0 Å². The highest BCUT2D eigenvalue weighted by molar-refractivity contribution is 6.31. The van der Waals surface area contributed by atoms with Gasteiger partial charge < -0.3 is 9.84 Å². The minimum Gasteiger partial charge on any atom is -0.481 e. The number of ether oxygens (including phenoxy) is 1. The Hall–Kier alpha value is -1.10. The Kier molecular flexibility index (Phi) is 5.62. The van der Waals surface area contributed by atoms with Gasteiger partial charge in [0.05, 0.1) is 19.1 Å². The molecule has 116 valence electrons. The van der Waals surface area contributed by atoms with E-state index in [0.29, 0.717) is 6.61 Å². The van der Waals surface area contributed by atoms with Crippen molar-refractivity contribution in [2.75, 3.05) is 19.8 Å². The number of nitrogens with zero attached hydrogens (tertiary/aromatic N) is 1. The van der Waals surface area contributed by atoms with Crippen LogP contribution in [0.5, 0.6) is 0 Å². The van der Waals surface area contributed by atoms with Crippen LogP contribution in [0.4, 0.5) is 0 Å². The van der Waals surface area contributed by atoms with Crippen LogP contribution in [-0.2, 0) is 9.53 Å². The van der Waals surface area contributed by atoms with E-state index in [2.05, 4.69) is 18.7 Å². The lowest BCUT2D eigenvalue weighted by Gasteiger charge is -2.36. The van der Waals surface area contributed by atoms with Gasteiger partial charge in [0.2, 0.25) is 0 Å². The molecule has 0 aromatic heterocycles. The lowest BCUT2D eigenvalue weighted by molar-refractivity contribution is -0.143. The van der Waals surface area contributed by atoms with Gasteiger partial charge in [-0.05, 0) is 31.5 Å². The topological polar surface area (TPSA) is 49.8 Å². The molecule has 0 saturated carbocycles. The Morgan fingerprint density at radius 3 is 2.81 bits per heavy atom. The van der Waals surface area contributed by atoms with Crippen molar-refractivity contribution in [3.63, 3.8) is 0 Å². The molecule has 4 nitrogen and oxygen atoms in total. The first kappa shape index (κ1) is 16.3. The van der Waals surface area contributed by atoms with E-state index in [4.69, 9.17) is 16.3 Å². The average Bonchev–Trinajstić information content (AvgIpc) is 2.94. The fourth-order valence-corrected chi connectivity index (χ4v) is 3.30. The first-order chi connectivity index (χ1) is 10.1. The first-order valence-corrected chi connectivity index (χ1v) is 7.74. The van der Waals surface area contributed by atoms with Crippen LogP contribution in [0.25, 0.3) is 0 Å². The van der Waals surface area contributed by atoms with Crippen LogP contribution in [0.15, 0.2) is 24.3 Å². The molecule has 1 N–H and O–H groups in total. The van der Waals surface area contributed by atoms with Crippen molar-refractivity contribution in [1.82, 2.24) is 4.90 Å². The van der Waals surface area contributed by atoms with E-state index < -0.39 is 11.9 Å². The van der Waals surface area contributed by atoms with Crippen LogP contribution in [0, 0.1) is 5.92 Å². The molecule has 1 saturated heterocycles. The largest absolute Gasteiger partial charge is 0.481 e. The predicted molar refractivity (Wildman–Crippen MR) is 82.6 cm³/mol. The summed E-state index contributed by atoms with van der Waals surface area (Å²) in [5, 5.41) is 10.1. The predicted octanol–water partition coefficient (Wildman–Crippen LogP) is 3.21. The maximum Gasteiger partial charge on any atom is 0.310 e. The molecule has 1 heterocycles. The normalized spacial score (nSPS) is 23.4. The fourth-order valence-electron chi connectivity index (χ4n) is 3.00. The number of hydrogen-bond acceptors (Lipinski definition) is 3. The zero-order valence-electron chi connectivity index (χ0n) is 12.5. The highest BCUT2D eigenvalue weighted by atomic mass is 35.5. The number of carboxylic acids is 1. The van der Waals surface area contributed by atoms with Crippen LogP contribution in [-0.4, -0.2) is 41.8 Å². The van der Waals surface area contributed by atoms with Gasteiger partial charge >= 0.3 is 5.97 Å². The SMILES string of the molecule is CCCN(C(C)c1ccccc1Cl)C1COCC1C(=O)O. The maximum atomic E-state index is 11.4. The van der Waals surface area contributed by atoms with Crippen LogP contribution in [0.2, 0.25) is 5.02 Å². The molecule has 0 amide bonds. The van der Waals surface area contributed by atoms with Gasteiger partial charge in [0.15, 0.2) is 0 Å². The summed E-state index contributed by atoms with van der Waals surface area (Å²) >= 11 is 6.29. The number of benzene rings is 1. The fraction of sp³-hybridized carbons (Fsp3) is 0.562. The van der Waals surface area contributed by atoms with Gasteiger partial charge in [0.25, 0.3) is 0 Å². The van der Waals surface area contributed by atoms with E-state index in [1.165, 1.54) is 0 Å². The molecule has 21 heavy (non-hydrogen) atoms. The molecule has 1 aliphatic rings. The van der Waals surface area contributed by atoms with E-state index in [1.807, 2.05) is 24.3 Å². The Bertz CT molecular complexity index is 494. The zero-order chi connectivity index (χ0) is 15.4. The van der Waals surface area contributed by atoms with Gasteiger partial charge in [-0.15, -0.1) is 0 Å². The molecule has 0 spiro atoms. The van der Waals surface area contributed by atoms with Crippen molar-refractivity contribution in [1.29, 1.82) is 0 Å². The first-order valence-electron chi connectivity index (χ1n) is 7.37. The standard InChI is InChI=1S/C16H22ClNO3/c1-3-8-18(15-10-21-9-13(15)16(19)20)11(2)12-6-4-5-7-14(12)17/h4-7,11,13,15H,3,8-10H2,1-2H3,(H,19,20). The van der Waals surface area contributed by atoms with E-state index in [-0.39, 0.29) is 18.7 Å². The molecular weight excluding hydrogens is 290 g/mol. The van der Waals surface area contributed by atoms with E-state index in [0.717, 1.165) is 23.6 Å². The molecule has 0 radical (unpaired) electrons. The highest BCUT2D eigenvalue weighted by Gasteiger charge is 2.39. The van der Waals surface area contributed by atoms with Crippen LogP contribution >= 0.6 is 11.6 Å². The van der Waals surface area contributed by atoms with Crippen molar-refractivity contribution in [3.05, 3.63) is 34.9 Å². The van der Waals surface area contributed by atoms with Gasteiger partial charge in [0.1, 0.15) is 0 Å². The minimum atomic E-state index is -0.787. The lowest BCUT2D eigenvalue weighted by Crippen LogP contribution is -2.44. The quantitative estimate of drug-likeness (QED) is 0.876. The molecule has 5 heteroatoms. The zero-order valence-corrected chi connectivity index (χ0v) is 13.2. The molecule has 1 aliphatic heterocycles. The number of aliphatic carboxylic acids is 1. The molecule has 0 aliphatic carbocycles. The summed E-state index contributed by atoms with van der Waals surface area (Å²) in [7, 11) is 0. The summed E-state index contributed by atoms with van der Waals surface area (Å²) in [6, 6.07) is 7.70. The molecule has 3 unspecified atom stereocenters. The van der Waals surface area contributed by atoms with Gasteiger partial charge in [-0.3, -0.25) is 9.69 Å². The number of halogens is 1. The summed E-state index contributed by atoms with van der Waals surface area (Å²) in [4.78, 5) is 13.6. The molecule has 0 bridgehead atoms. The molecule has 2 rings (SSSR count). The van der Waals surface area contributed by atoms with Crippen LogP contribution in [0.3, 0.4) is 0 Å². The lowest BCUT2D eigenvalue weighted by atomic mass is 9.97. The second-order valence-corrected chi connectivity index (χ2v) is 5.89. The van der Waals surface area contributed by atoms with Crippen molar-refractivity contribution < 1.29 is 14.6 Å². The molecule has 3 atom stereocenters. The Morgan fingerprint density at radius 1 is 1.48 bits per heavy atom. The van der Waals surface area contributed by atoms with Gasteiger partial charge in [-0.1, -0.05) is 36.7 Å². The number of rotatable bonds is 6. The number of carboxylic acid groups (broad SMARTS) is 1. The van der Waals surface area contributed by atoms with E-state index >= 15 is 0 Å². The molecular formula is C16H22ClNO3. The van der Waals surface area contributed by atoms with Gasteiger partial charge in [0, 0.05) is 17.1 Å². The summed E-state index contributed by atoms with van der Waals surface area (Å²) in [5.74, 6) is -1.26. The average molecular weight is 312 g/mol. The van der Waals surface area contributed by atoms with Crippen molar-refractivity contribution in [3.8, 4) is 0 Å². The van der Waals surface area contributed by atoms with Crippen molar-refractivity contribution in [2.45, 2.75) is 32.4 Å². The second kappa shape index (κ2) is 7.25. The van der Waals surface area contributed by atoms with E-state index in [9.17, 15) is 9.90 Å².